The van der Waals surface area contributed by atoms with Gasteiger partial charge in [0.05, 0.1) is 17.8 Å². The maximum Gasteiger partial charge on any atom is 0.239 e. The average Bonchev–Trinajstić information content (AvgIpc) is 2.50. The summed E-state index contributed by atoms with van der Waals surface area (Å²) in [7, 11) is -3.60. The van der Waals surface area contributed by atoms with Crippen molar-refractivity contribution < 1.29 is 17.6 Å². The number of halogens is 2. The summed E-state index contributed by atoms with van der Waals surface area (Å²) in [5.74, 6) is -1.16. The molecule has 1 aromatic carbocycles. The van der Waals surface area contributed by atoms with Gasteiger partial charge in [-0.2, -0.15) is 4.31 Å². The van der Waals surface area contributed by atoms with E-state index in [0.717, 1.165) is 16.6 Å². The molecule has 0 atom stereocenters. The van der Waals surface area contributed by atoms with E-state index in [4.69, 9.17) is 11.6 Å². The summed E-state index contributed by atoms with van der Waals surface area (Å²) in [5, 5.41) is 2.36. The molecule has 0 aliphatic heterocycles. The number of hydrogen-bond acceptors (Lipinski definition) is 4. The van der Waals surface area contributed by atoms with E-state index in [1.54, 1.807) is 12.1 Å². The molecule has 0 aliphatic carbocycles. The molecule has 1 amide bonds. The third kappa shape index (κ3) is 5.26. The molecule has 0 spiro atoms. The first-order valence-electron chi connectivity index (χ1n) is 6.84. The van der Waals surface area contributed by atoms with Crippen molar-refractivity contribution in [1.29, 1.82) is 0 Å². The van der Waals surface area contributed by atoms with Gasteiger partial charge in [-0.3, -0.25) is 9.78 Å². The molecule has 128 valence electrons. The van der Waals surface area contributed by atoms with Gasteiger partial charge in [-0.15, -0.1) is 0 Å². The first kappa shape index (κ1) is 18.3. The highest BCUT2D eigenvalue weighted by molar-refractivity contribution is 7.88. The minimum Gasteiger partial charge on any atom is -0.325 e. The minimum atomic E-state index is -3.60. The van der Waals surface area contributed by atoms with E-state index < -0.39 is 21.7 Å². The second-order valence-electron chi connectivity index (χ2n) is 5.06. The van der Waals surface area contributed by atoms with Gasteiger partial charge in [0.25, 0.3) is 0 Å². The van der Waals surface area contributed by atoms with E-state index in [-0.39, 0.29) is 23.8 Å². The highest BCUT2D eigenvalue weighted by atomic mass is 35.5. The normalized spacial score (nSPS) is 11.5. The van der Waals surface area contributed by atoms with Gasteiger partial charge < -0.3 is 5.32 Å². The molecule has 0 bridgehead atoms. The van der Waals surface area contributed by atoms with Crippen LogP contribution in [0.25, 0.3) is 0 Å². The molecule has 9 heteroatoms. The number of aromatic nitrogens is 1. The molecule has 0 saturated heterocycles. The number of pyridine rings is 1. The molecule has 2 rings (SSSR count). The number of carbonyl (C=O) groups is 1. The molecule has 24 heavy (non-hydrogen) atoms. The van der Waals surface area contributed by atoms with E-state index in [9.17, 15) is 17.6 Å². The first-order valence-corrected chi connectivity index (χ1v) is 9.07. The zero-order chi connectivity index (χ0) is 17.7. The van der Waals surface area contributed by atoms with Crippen molar-refractivity contribution >= 4 is 33.2 Å². The molecule has 0 aliphatic rings. The Morgan fingerprint density at radius 3 is 2.54 bits per heavy atom. The zero-order valence-corrected chi connectivity index (χ0v) is 14.3. The maximum absolute atomic E-state index is 13.1. The van der Waals surface area contributed by atoms with Crippen LogP contribution in [0.15, 0.2) is 42.7 Å². The minimum absolute atomic E-state index is 0.0406. The number of nitrogens with one attached hydrogen (secondary N) is 1. The van der Waals surface area contributed by atoms with E-state index in [1.807, 2.05) is 0 Å². The van der Waals surface area contributed by atoms with Crippen LogP contribution < -0.4 is 5.32 Å². The molecule has 0 unspecified atom stereocenters. The highest BCUT2D eigenvalue weighted by Crippen LogP contribution is 2.19. The molecule has 2 aromatic rings. The van der Waals surface area contributed by atoms with Crippen LogP contribution in [0.3, 0.4) is 0 Å². The number of carbonyl (C=O) groups excluding carboxylic acids is 1. The van der Waals surface area contributed by atoms with Crippen molar-refractivity contribution in [3.8, 4) is 0 Å². The van der Waals surface area contributed by atoms with Gasteiger partial charge in [-0.1, -0.05) is 11.6 Å². The molecule has 6 nitrogen and oxygen atoms in total. The fraction of sp³-hybridized carbons (Fsp3) is 0.200. The standard InChI is InChI=1S/C15H15ClFN3O3S/c1-24(22,23)20(9-11-4-6-18-7-5-11)10-15(21)19-12-2-3-14(17)13(16)8-12/h2-8H,9-10H2,1H3,(H,19,21). The largest absolute Gasteiger partial charge is 0.325 e. The molecule has 0 fully saturated rings. The summed E-state index contributed by atoms with van der Waals surface area (Å²) in [5.41, 5.74) is 0.983. The Labute approximate surface area is 144 Å². The predicted octanol–water partition coefficient (Wildman–Crippen LogP) is 2.27. The second kappa shape index (κ2) is 7.69. The Hall–Kier alpha value is -2.03. The highest BCUT2D eigenvalue weighted by Gasteiger charge is 2.20. The van der Waals surface area contributed by atoms with E-state index in [2.05, 4.69) is 10.3 Å². The van der Waals surface area contributed by atoms with Gasteiger partial charge in [-0.25, -0.2) is 12.8 Å². The number of rotatable bonds is 6. The average molecular weight is 372 g/mol. The van der Waals surface area contributed by atoms with Gasteiger partial charge >= 0.3 is 0 Å². The number of anilines is 1. The van der Waals surface area contributed by atoms with Gasteiger partial charge in [0.2, 0.25) is 15.9 Å². The van der Waals surface area contributed by atoms with Crippen LogP contribution in [0.1, 0.15) is 5.56 Å². The van der Waals surface area contributed by atoms with Crippen LogP contribution in [-0.2, 0) is 21.4 Å². The lowest BCUT2D eigenvalue weighted by atomic mass is 10.2. The Balaban J connectivity index is 2.08. The summed E-state index contributed by atoms with van der Waals surface area (Å²) in [6.45, 7) is -0.338. The molecular formula is C15H15ClFN3O3S. The number of amides is 1. The van der Waals surface area contributed by atoms with Crippen molar-refractivity contribution in [3.05, 3.63) is 59.1 Å². The van der Waals surface area contributed by atoms with E-state index in [1.165, 1.54) is 24.5 Å². The van der Waals surface area contributed by atoms with Crippen LogP contribution in [0.5, 0.6) is 0 Å². The van der Waals surface area contributed by atoms with Crippen molar-refractivity contribution in [2.75, 3.05) is 18.1 Å². The molecule has 0 radical (unpaired) electrons. The number of hydrogen-bond donors (Lipinski definition) is 1. The molecule has 1 N–H and O–H groups in total. The Morgan fingerprint density at radius 2 is 1.96 bits per heavy atom. The van der Waals surface area contributed by atoms with Gasteiger partial charge in [0.15, 0.2) is 0 Å². The molecular weight excluding hydrogens is 357 g/mol. The molecule has 1 heterocycles. The van der Waals surface area contributed by atoms with E-state index in [0.29, 0.717) is 5.56 Å². The van der Waals surface area contributed by atoms with Crippen LogP contribution in [-0.4, -0.2) is 36.4 Å². The van der Waals surface area contributed by atoms with Gasteiger partial charge in [0.1, 0.15) is 5.82 Å². The smallest absolute Gasteiger partial charge is 0.239 e. The predicted molar refractivity (Wildman–Crippen MR) is 89.5 cm³/mol. The quantitative estimate of drug-likeness (QED) is 0.844. The fourth-order valence-electron chi connectivity index (χ4n) is 1.92. The van der Waals surface area contributed by atoms with Crippen molar-refractivity contribution in [1.82, 2.24) is 9.29 Å². The molecule has 0 saturated carbocycles. The first-order chi connectivity index (χ1) is 11.3. The van der Waals surface area contributed by atoms with Crippen LogP contribution >= 0.6 is 11.6 Å². The fourth-order valence-corrected chi connectivity index (χ4v) is 2.83. The summed E-state index contributed by atoms with van der Waals surface area (Å²) in [4.78, 5) is 15.9. The SMILES string of the molecule is CS(=O)(=O)N(CC(=O)Nc1ccc(F)c(Cl)c1)Cc1ccncc1. The summed E-state index contributed by atoms with van der Waals surface area (Å²) < 4.78 is 37.9. The van der Waals surface area contributed by atoms with Gasteiger partial charge in [0, 0.05) is 24.6 Å². The monoisotopic (exact) mass is 371 g/mol. The topological polar surface area (TPSA) is 79.4 Å². The number of sulfonamides is 1. The second-order valence-corrected chi connectivity index (χ2v) is 7.45. The molecule has 1 aromatic heterocycles. The summed E-state index contributed by atoms with van der Waals surface area (Å²) >= 11 is 5.64. The lowest BCUT2D eigenvalue weighted by Crippen LogP contribution is -2.36. The van der Waals surface area contributed by atoms with Crippen molar-refractivity contribution in [3.63, 3.8) is 0 Å². The lowest BCUT2D eigenvalue weighted by molar-refractivity contribution is -0.116. The zero-order valence-electron chi connectivity index (χ0n) is 12.7. The maximum atomic E-state index is 13.1. The Morgan fingerprint density at radius 1 is 1.29 bits per heavy atom. The van der Waals surface area contributed by atoms with Crippen molar-refractivity contribution in [2.45, 2.75) is 6.54 Å². The summed E-state index contributed by atoms with van der Waals surface area (Å²) in [6, 6.07) is 7.03. The lowest BCUT2D eigenvalue weighted by Gasteiger charge is -2.19. The summed E-state index contributed by atoms with van der Waals surface area (Å²) in [6.07, 6.45) is 4.10. The van der Waals surface area contributed by atoms with Crippen LogP contribution in [0.4, 0.5) is 10.1 Å². The Kier molecular flexibility index (Phi) is 5.87. The number of benzene rings is 1. The third-order valence-electron chi connectivity index (χ3n) is 3.10. The number of nitrogens with zero attached hydrogens (tertiary/aromatic N) is 2. The van der Waals surface area contributed by atoms with E-state index >= 15 is 0 Å². The van der Waals surface area contributed by atoms with Gasteiger partial charge in [-0.05, 0) is 35.9 Å². The van der Waals surface area contributed by atoms with Crippen molar-refractivity contribution in [2.24, 2.45) is 0 Å². The third-order valence-corrected chi connectivity index (χ3v) is 4.59. The van der Waals surface area contributed by atoms with Crippen LogP contribution in [0.2, 0.25) is 5.02 Å². The Bertz CT molecular complexity index is 831. The van der Waals surface area contributed by atoms with Crippen LogP contribution in [0, 0.1) is 5.82 Å².